The molecule has 0 fully saturated rings. The summed E-state index contributed by atoms with van der Waals surface area (Å²) in [4.78, 5) is 19.7. The molecule has 1 N–H and O–H groups in total. The van der Waals surface area contributed by atoms with Gasteiger partial charge >= 0.3 is 0 Å². The van der Waals surface area contributed by atoms with Gasteiger partial charge < -0.3 is 4.98 Å². The molecule has 1 aliphatic rings. The zero-order valence-corrected chi connectivity index (χ0v) is 16.6. The number of aryl methyl sites for hydroxylation is 2. The number of rotatable bonds is 5. The third kappa shape index (κ3) is 3.47. The van der Waals surface area contributed by atoms with Gasteiger partial charge in [-0.2, -0.15) is 4.31 Å². The van der Waals surface area contributed by atoms with E-state index < -0.39 is 10.0 Å². The fraction of sp³-hybridized carbons (Fsp3) is 0.333. The number of benzene rings is 2. The van der Waals surface area contributed by atoms with Crippen LogP contribution in [0.3, 0.4) is 0 Å². The summed E-state index contributed by atoms with van der Waals surface area (Å²) in [5.41, 5.74) is 2.67. The van der Waals surface area contributed by atoms with Crippen molar-refractivity contribution in [3.8, 4) is 0 Å². The molecule has 0 spiro atoms. The third-order valence-corrected chi connectivity index (χ3v) is 7.22. The van der Waals surface area contributed by atoms with E-state index in [-0.39, 0.29) is 18.6 Å². The molecular weight excluding hydrogens is 374 g/mol. The number of nitrogens with zero attached hydrogens (tertiary/aromatic N) is 2. The van der Waals surface area contributed by atoms with Crippen molar-refractivity contribution in [2.45, 2.75) is 44.0 Å². The lowest BCUT2D eigenvalue weighted by atomic mass is 9.92. The maximum absolute atomic E-state index is 13.2. The topological polar surface area (TPSA) is 83.1 Å². The largest absolute Gasteiger partial charge is 0.309 e. The Bertz CT molecular complexity index is 1180. The van der Waals surface area contributed by atoms with Crippen molar-refractivity contribution >= 4 is 20.9 Å². The van der Waals surface area contributed by atoms with Gasteiger partial charge in [0.2, 0.25) is 10.0 Å². The number of nitrogens with one attached hydrogen (secondary N) is 1. The van der Waals surface area contributed by atoms with Gasteiger partial charge in [0.1, 0.15) is 5.82 Å². The second kappa shape index (κ2) is 7.48. The molecule has 0 bridgehead atoms. The number of hydrogen-bond donors (Lipinski definition) is 1. The molecule has 1 aliphatic carbocycles. The summed E-state index contributed by atoms with van der Waals surface area (Å²) in [5, 5.41) is 0.492. The second-order valence-corrected chi connectivity index (χ2v) is 9.04. The quantitative estimate of drug-likeness (QED) is 0.717. The van der Waals surface area contributed by atoms with E-state index in [0.29, 0.717) is 21.6 Å². The molecule has 0 unspecified atom stereocenters. The third-order valence-electron chi connectivity index (χ3n) is 5.30. The molecule has 0 saturated heterocycles. The van der Waals surface area contributed by atoms with E-state index in [9.17, 15) is 13.2 Å². The van der Waals surface area contributed by atoms with E-state index >= 15 is 0 Å². The van der Waals surface area contributed by atoms with Crippen LogP contribution in [0.2, 0.25) is 0 Å². The van der Waals surface area contributed by atoms with Gasteiger partial charge in [-0.05, 0) is 61.1 Å². The molecule has 2 aromatic carbocycles. The van der Waals surface area contributed by atoms with Crippen molar-refractivity contribution in [3.63, 3.8) is 0 Å². The summed E-state index contributed by atoms with van der Waals surface area (Å²) < 4.78 is 27.8. The predicted molar refractivity (Wildman–Crippen MR) is 109 cm³/mol. The molecule has 1 heterocycles. The van der Waals surface area contributed by atoms with Crippen LogP contribution in [-0.4, -0.2) is 29.2 Å². The minimum atomic E-state index is -3.68. The van der Waals surface area contributed by atoms with Crippen LogP contribution in [0, 0.1) is 0 Å². The minimum absolute atomic E-state index is 0.0238. The van der Waals surface area contributed by atoms with Crippen molar-refractivity contribution in [1.82, 2.24) is 14.3 Å². The summed E-state index contributed by atoms with van der Waals surface area (Å²) in [7, 11) is -3.68. The van der Waals surface area contributed by atoms with Crippen molar-refractivity contribution < 1.29 is 8.42 Å². The maximum Gasteiger partial charge on any atom is 0.258 e. The van der Waals surface area contributed by atoms with Crippen LogP contribution in [0.25, 0.3) is 10.9 Å². The Morgan fingerprint density at radius 1 is 1.07 bits per heavy atom. The minimum Gasteiger partial charge on any atom is -0.309 e. The normalized spacial score (nSPS) is 14.4. The Balaban J connectivity index is 1.67. The van der Waals surface area contributed by atoms with E-state index in [2.05, 4.69) is 9.97 Å². The first-order chi connectivity index (χ1) is 13.5. The maximum atomic E-state index is 13.2. The van der Waals surface area contributed by atoms with Crippen LogP contribution in [0.15, 0.2) is 52.2 Å². The number of para-hydroxylation sites is 1. The Morgan fingerprint density at radius 2 is 1.82 bits per heavy atom. The van der Waals surface area contributed by atoms with Gasteiger partial charge in [0.25, 0.3) is 5.56 Å². The highest BCUT2D eigenvalue weighted by Gasteiger charge is 2.25. The SMILES string of the molecule is CCN(Cc1nc2ccccc2c(=O)[nH]1)S(=O)(=O)c1ccc2c(c1)CCCC2. The van der Waals surface area contributed by atoms with E-state index in [1.54, 1.807) is 37.3 Å². The van der Waals surface area contributed by atoms with Crippen molar-refractivity contribution in [2.24, 2.45) is 0 Å². The smallest absolute Gasteiger partial charge is 0.258 e. The number of sulfonamides is 1. The number of aromatic nitrogens is 2. The van der Waals surface area contributed by atoms with Gasteiger partial charge in [0.15, 0.2) is 0 Å². The van der Waals surface area contributed by atoms with Gasteiger partial charge in [0, 0.05) is 6.54 Å². The number of H-pyrrole nitrogens is 1. The van der Waals surface area contributed by atoms with Crippen LogP contribution in [0.5, 0.6) is 0 Å². The summed E-state index contributed by atoms with van der Waals surface area (Å²) in [6.07, 6.45) is 4.18. The molecule has 0 saturated carbocycles. The fourth-order valence-electron chi connectivity index (χ4n) is 3.76. The molecule has 0 atom stereocenters. The molecule has 28 heavy (non-hydrogen) atoms. The van der Waals surface area contributed by atoms with Crippen molar-refractivity contribution in [1.29, 1.82) is 0 Å². The van der Waals surface area contributed by atoms with Crippen molar-refractivity contribution in [3.05, 3.63) is 69.8 Å². The molecule has 7 heteroatoms. The molecule has 4 rings (SSSR count). The Morgan fingerprint density at radius 3 is 2.61 bits per heavy atom. The van der Waals surface area contributed by atoms with Gasteiger partial charge in [-0.1, -0.05) is 25.1 Å². The lowest BCUT2D eigenvalue weighted by Crippen LogP contribution is -2.32. The van der Waals surface area contributed by atoms with Crippen LogP contribution in [0.4, 0.5) is 0 Å². The highest BCUT2D eigenvalue weighted by molar-refractivity contribution is 7.89. The first kappa shape index (κ1) is 18.8. The fourth-order valence-corrected chi connectivity index (χ4v) is 5.22. The first-order valence-electron chi connectivity index (χ1n) is 9.59. The Kier molecular flexibility index (Phi) is 5.03. The van der Waals surface area contributed by atoms with Crippen LogP contribution >= 0.6 is 0 Å². The predicted octanol–water partition coefficient (Wildman–Crippen LogP) is 3.01. The summed E-state index contributed by atoms with van der Waals surface area (Å²) in [6, 6.07) is 12.5. The van der Waals surface area contributed by atoms with E-state index in [4.69, 9.17) is 0 Å². The molecule has 0 radical (unpaired) electrons. The molecular formula is C21H23N3O3S. The summed E-state index contributed by atoms with van der Waals surface area (Å²) in [5.74, 6) is 0.340. The van der Waals surface area contributed by atoms with E-state index in [0.717, 1.165) is 31.2 Å². The zero-order chi connectivity index (χ0) is 19.7. The van der Waals surface area contributed by atoms with Crippen LogP contribution in [0.1, 0.15) is 36.7 Å². The average Bonchev–Trinajstić information content (AvgIpc) is 2.71. The standard InChI is InChI=1S/C21H23N3O3S/c1-2-24(14-20-22-19-10-6-5-9-18(19)21(25)23-20)28(26,27)17-12-11-15-7-3-4-8-16(15)13-17/h5-6,9-13H,2-4,7-8,14H2,1H3,(H,22,23,25). The highest BCUT2D eigenvalue weighted by Crippen LogP contribution is 2.26. The van der Waals surface area contributed by atoms with Gasteiger partial charge in [-0.25, -0.2) is 13.4 Å². The Labute approximate surface area is 164 Å². The van der Waals surface area contributed by atoms with E-state index in [1.165, 1.54) is 9.87 Å². The molecule has 146 valence electrons. The van der Waals surface area contributed by atoms with Crippen molar-refractivity contribution in [2.75, 3.05) is 6.54 Å². The lowest BCUT2D eigenvalue weighted by Gasteiger charge is -2.22. The summed E-state index contributed by atoms with van der Waals surface area (Å²) in [6.45, 7) is 2.10. The van der Waals surface area contributed by atoms with Gasteiger partial charge in [-0.3, -0.25) is 4.79 Å². The second-order valence-electron chi connectivity index (χ2n) is 7.10. The number of hydrogen-bond acceptors (Lipinski definition) is 4. The molecule has 6 nitrogen and oxygen atoms in total. The lowest BCUT2D eigenvalue weighted by molar-refractivity contribution is 0.414. The zero-order valence-electron chi connectivity index (χ0n) is 15.8. The number of fused-ring (bicyclic) bond motifs is 2. The van der Waals surface area contributed by atoms with Gasteiger partial charge in [-0.15, -0.1) is 0 Å². The first-order valence-corrected chi connectivity index (χ1v) is 11.0. The highest BCUT2D eigenvalue weighted by atomic mass is 32.2. The summed E-state index contributed by atoms with van der Waals surface area (Å²) >= 11 is 0. The van der Waals surface area contributed by atoms with E-state index in [1.807, 2.05) is 12.1 Å². The van der Waals surface area contributed by atoms with Gasteiger partial charge in [0.05, 0.1) is 22.3 Å². The molecule has 1 aromatic heterocycles. The molecule has 0 aliphatic heterocycles. The monoisotopic (exact) mass is 397 g/mol. The average molecular weight is 398 g/mol. The van der Waals surface area contributed by atoms with Crippen LogP contribution in [-0.2, 0) is 29.4 Å². The molecule has 0 amide bonds. The number of aromatic amines is 1. The Hall–Kier alpha value is -2.51. The van der Waals surface area contributed by atoms with Crippen LogP contribution < -0.4 is 5.56 Å². The molecule has 3 aromatic rings.